The quantitative estimate of drug-likeness (QED) is 0.474. The van der Waals surface area contributed by atoms with Gasteiger partial charge in [0.2, 0.25) is 0 Å². The molecule has 1 heterocycles. The highest BCUT2D eigenvalue weighted by atomic mass is 16.6. The normalized spacial score (nSPS) is 10.0. The van der Waals surface area contributed by atoms with Gasteiger partial charge in [-0.2, -0.15) is 0 Å². The Morgan fingerprint density at radius 2 is 2.14 bits per heavy atom. The third-order valence-electron chi connectivity index (χ3n) is 2.72. The first-order valence-electron chi connectivity index (χ1n) is 6.01. The summed E-state index contributed by atoms with van der Waals surface area (Å²) in [5.74, 6) is 6.00. The van der Waals surface area contributed by atoms with Gasteiger partial charge in [-0.15, -0.1) is 0 Å². The van der Waals surface area contributed by atoms with Crippen LogP contribution >= 0.6 is 0 Å². The molecule has 8 heteroatoms. The van der Waals surface area contributed by atoms with E-state index in [0.717, 1.165) is 0 Å². The minimum Gasteiger partial charge on any atom is -0.493 e. The van der Waals surface area contributed by atoms with Gasteiger partial charge in [-0.1, -0.05) is 0 Å². The van der Waals surface area contributed by atoms with E-state index in [1.54, 1.807) is 18.3 Å². The van der Waals surface area contributed by atoms with Gasteiger partial charge in [0, 0.05) is 12.3 Å². The van der Waals surface area contributed by atoms with E-state index < -0.39 is 4.92 Å². The molecule has 0 bridgehead atoms. The number of hydrogen-bond donors (Lipinski definition) is 2. The predicted octanol–water partition coefficient (Wildman–Crippen LogP) is 1.86. The van der Waals surface area contributed by atoms with Crippen LogP contribution in [0, 0.1) is 10.1 Å². The van der Waals surface area contributed by atoms with Gasteiger partial charge in [-0.25, -0.2) is 0 Å². The van der Waals surface area contributed by atoms with Crippen molar-refractivity contribution < 1.29 is 14.4 Å². The van der Waals surface area contributed by atoms with Gasteiger partial charge in [0.15, 0.2) is 11.5 Å². The van der Waals surface area contributed by atoms with Crippen molar-refractivity contribution in [1.82, 2.24) is 4.98 Å². The number of nitro groups is 1. The summed E-state index contributed by atoms with van der Waals surface area (Å²) in [4.78, 5) is 14.4. The number of pyridine rings is 1. The van der Waals surface area contributed by atoms with Crippen molar-refractivity contribution in [3.8, 4) is 11.5 Å². The fourth-order valence-corrected chi connectivity index (χ4v) is 1.69. The number of hydrogen-bond acceptors (Lipinski definition) is 7. The van der Waals surface area contributed by atoms with Crippen molar-refractivity contribution in [2.75, 3.05) is 12.5 Å². The molecule has 1 aromatic carbocycles. The fraction of sp³-hybridized carbons (Fsp3) is 0.154. The van der Waals surface area contributed by atoms with Crippen molar-refractivity contribution in [2.45, 2.75) is 6.61 Å². The molecule has 0 fully saturated rings. The van der Waals surface area contributed by atoms with E-state index in [9.17, 15) is 10.1 Å². The van der Waals surface area contributed by atoms with E-state index in [4.69, 9.17) is 15.3 Å². The zero-order valence-electron chi connectivity index (χ0n) is 11.3. The highest BCUT2D eigenvalue weighted by Gasteiger charge is 2.12. The molecule has 0 aliphatic rings. The number of nitrogen functional groups attached to an aromatic ring is 1. The number of rotatable bonds is 6. The number of benzene rings is 1. The van der Waals surface area contributed by atoms with Crippen molar-refractivity contribution >= 4 is 11.4 Å². The molecule has 3 N–H and O–H groups in total. The average Bonchev–Trinajstić information content (AvgIpc) is 2.52. The molecule has 0 spiro atoms. The molecule has 0 radical (unpaired) electrons. The molecular formula is C13H14N4O4. The second-order valence-corrected chi connectivity index (χ2v) is 4.06. The number of nitrogens with two attached hydrogens (primary N) is 1. The second-order valence-electron chi connectivity index (χ2n) is 4.06. The van der Waals surface area contributed by atoms with Crippen LogP contribution < -0.4 is 20.7 Å². The Morgan fingerprint density at radius 3 is 2.81 bits per heavy atom. The summed E-state index contributed by atoms with van der Waals surface area (Å²) in [7, 11) is 1.46. The number of aromatic nitrogens is 1. The van der Waals surface area contributed by atoms with E-state index in [1.807, 2.05) is 0 Å². The first-order chi connectivity index (χ1) is 10.1. The van der Waals surface area contributed by atoms with Gasteiger partial charge in [0.05, 0.1) is 29.5 Å². The van der Waals surface area contributed by atoms with Crippen LogP contribution in [0.5, 0.6) is 11.5 Å². The van der Waals surface area contributed by atoms with Crippen molar-refractivity contribution in [3.63, 3.8) is 0 Å². The van der Waals surface area contributed by atoms with Gasteiger partial charge in [-0.3, -0.25) is 20.9 Å². The Balaban J connectivity index is 2.17. The molecule has 0 saturated carbocycles. The topological polar surface area (TPSA) is 113 Å². The second kappa shape index (κ2) is 6.53. The third-order valence-corrected chi connectivity index (χ3v) is 2.72. The molecular weight excluding hydrogens is 276 g/mol. The van der Waals surface area contributed by atoms with E-state index in [-0.39, 0.29) is 18.0 Å². The standard InChI is InChI=1S/C13H14N4O4/c1-20-12-3-2-11(17(18)19)7-13(12)21-8-10-6-9(16-14)4-5-15-10/h2-7H,8,14H2,1H3,(H,15,16). The van der Waals surface area contributed by atoms with E-state index in [0.29, 0.717) is 17.1 Å². The maximum atomic E-state index is 10.8. The summed E-state index contributed by atoms with van der Waals surface area (Å²) in [5.41, 5.74) is 3.74. The van der Waals surface area contributed by atoms with E-state index in [1.165, 1.54) is 25.3 Å². The van der Waals surface area contributed by atoms with Gasteiger partial charge in [-0.05, 0) is 18.2 Å². The molecule has 110 valence electrons. The number of ether oxygens (including phenoxy) is 2. The number of nitro benzene ring substituents is 1. The summed E-state index contributed by atoms with van der Waals surface area (Å²) >= 11 is 0. The minimum atomic E-state index is -0.497. The lowest BCUT2D eigenvalue weighted by Gasteiger charge is -2.10. The predicted molar refractivity (Wildman–Crippen MR) is 76.0 cm³/mol. The Labute approximate surface area is 120 Å². The van der Waals surface area contributed by atoms with Crippen LogP contribution in [0.15, 0.2) is 36.5 Å². The summed E-state index contributed by atoms with van der Waals surface area (Å²) in [6.45, 7) is 0.132. The summed E-state index contributed by atoms with van der Waals surface area (Å²) in [6, 6.07) is 7.56. The molecule has 0 aliphatic heterocycles. The van der Waals surface area contributed by atoms with Crippen molar-refractivity contribution in [2.24, 2.45) is 5.84 Å². The smallest absolute Gasteiger partial charge is 0.273 e. The van der Waals surface area contributed by atoms with Crippen LogP contribution in [0.2, 0.25) is 0 Å². The number of anilines is 1. The Morgan fingerprint density at radius 1 is 1.33 bits per heavy atom. The van der Waals surface area contributed by atoms with Gasteiger partial charge in [0.1, 0.15) is 6.61 Å². The maximum absolute atomic E-state index is 10.8. The molecule has 2 rings (SSSR count). The molecule has 0 saturated heterocycles. The maximum Gasteiger partial charge on any atom is 0.273 e. The largest absolute Gasteiger partial charge is 0.493 e. The van der Waals surface area contributed by atoms with Crippen molar-refractivity contribution in [1.29, 1.82) is 0 Å². The van der Waals surface area contributed by atoms with Crippen LogP contribution in [0.1, 0.15) is 5.69 Å². The Bertz CT molecular complexity index is 648. The molecule has 0 aliphatic carbocycles. The SMILES string of the molecule is COc1ccc([N+](=O)[O-])cc1OCc1cc(NN)ccn1. The monoisotopic (exact) mass is 290 g/mol. The molecule has 0 atom stereocenters. The number of hydrazine groups is 1. The molecule has 8 nitrogen and oxygen atoms in total. The Hall–Kier alpha value is -2.87. The van der Waals surface area contributed by atoms with Gasteiger partial charge >= 0.3 is 0 Å². The zero-order chi connectivity index (χ0) is 15.2. The molecule has 2 aromatic rings. The van der Waals surface area contributed by atoms with Crippen LogP contribution in [-0.4, -0.2) is 17.0 Å². The lowest BCUT2D eigenvalue weighted by Crippen LogP contribution is -2.08. The zero-order valence-corrected chi connectivity index (χ0v) is 11.3. The number of non-ortho nitro benzene ring substituents is 1. The molecule has 1 aromatic heterocycles. The van der Waals surface area contributed by atoms with Crippen LogP contribution in [0.4, 0.5) is 11.4 Å². The molecule has 0 unspecified atom stereocenters. The highest BCUT2D eigenvalue weighted by Crippen LogP contribution is 2.31. The average molecular weight is 290 g/mol. The first kappa shape index (κ1) is 14.5. The van der Waals surface area contributed by atoms with Crippen LogP contribution in [0.25, 0.3) is 0 Å². The third kappa shape index (κ3) is 3.57. The number of methoxy groups -OCH3 is 1. The lowest BCUT2D eigenvalue weighted by atomic mass is 10.3. The summed E-state index contributed by atoms with van der Waals surface area (Å²) < 4.78 is 10.7. The van der Waals surface area contributed by atoms with Gasteiger partial charge in [0.25, 0.3) is 5.69 Å². The summed E-state index contributed by atoms with van der Waals surface area (Å²) in [6.07, 6.45) is 1.58. The number of nitrogens with one attached hydrogen (secondary N) is 1. The van der Waals surface area contributed by atoms with Crippen LogP contribution in [0.3, 0.4) is 0 Å². The fourth-order valence-electron chi connectivity index (χ4n) is 1.69. The van der Waals surface area contributed by atoms with E-state index in [2.05, 4.69) is 10.4 Å². The lowest BCUT2D eigenvalue weighted by molar-refractivity contribution is -0.385. The highest BCUT2D eigenvalue weighted by molar-refractivity contribution is 5.48. The van der Waals surface area contributed by atoms with Gasteiger partial charge < -0.3 is 14.9 Å². The minimum absolute atomic E-state index is 0.0730. The summed E-state index contributed by atoms with van der Waals surface area (Å²) in [5, 5.41) is 10.8. The van der Waals surface area contributed by atoms with Crippen LogP contribution in [-0.2, 0) is 6.61 Å². The Kier molecular flexibility index (Phi) is 4.52. The number of nitrogens with zero attached hydrogens (tertiary/aromatic N) is 2. The van der Waals surface area contributed by atoms with E-state index >= 15 is 0 Å². The first-order valence-corrected chi connectivity index (χ1v) is 6.01. The molecule has 21 heavy (non-hydrogen) atoms. The molecule has 0 amide bonds. The van der Waals surface area contributed by atoms with Crippen molar-refractivity contribution in [3.05, 3.63) is 52.3 Å².